The monoisotopic (exact) mass is 408 g/mol. The molecule has 0 N–H and O–H groups in total. The summed E-state index contributed by atoms with van der Waals surface area (Å²) in [4.78, 5) is 12.7. The Morgan fingerprint density at radius 1 is 1.14 bits per heavy atom. The molecule has 1 aromatic heterocycles. The van der Waals surface area contributed by atoms with Crippen LogP contribution in [0, 0.1) is 5.41 Å². The van der Waals surface area contributed by atoms with E-state index in [4.69, 9.17) is 9.47 Å². The zero-order valence-corrected chi connectivity index (χ0v) is 18.2. The Labute approximate surface area is 177 Å². The average molecular weight is 409 g/mol. The molecule has 3 aromatic rings. The lowest BCUT2D eigenvalue weighted by Gasteiger charge is -2.27. The minimum absolute atomic E-state index is 0.242. The topological polar surface area (TPSA) is 35.5 Å². The first-order valence-electron chi connectivity index (χ1n) is 10.0. The Balaban J connectivity index is 1.76. The first-order valence-corrected chi connectivity index (χ1v) is 10.8. The number of rotatable bonds is 9. The molecule has 0 fully saturated rings. The van der Waals surface area contributed by atoms with E-state index in [1.807, 2.05) is 6.07 Å². The Morgan fingerprint density at radius 3 is 2.66 bits per heavy atom. The van der Waals surface area contributed by atoms with Crippen molar-refractivity contribution in [3.63, 3.8) is 0 Å². The van der Waals surface area contributed by atoms with Crippen LogP contribution >= 0.6 is 11.3 Å². The van der Waals surface area contributed by atoms with Crippen LogP contribution in [0.25, 0.3) is 20.5 Å². The quantitative estimate of drug-likeness (QED) is 0.293. The highest BCUT2D eigenvalue weighted by atomic mass is 32.1. The fourth-order valence-corrected chi connectivity index (χ4v) is 4.26. The number of ether oxygens (including phenoxy) is 2. The van der Waals surface area contributed by atoms with Crippen molar-refractivity contribution in [2.24, 2.45) is 5.41 Å². The molecule has 0 aliphatic rings. The molecule has 0 radical (unpaired) electrons. The summed E-state index contributed by atoms with van der Waals surface area (Å²) in [6.07, 6.45) is 3.05. The van der Waals surface area contributed by atoms with E-state index in [1.165, 1.54) is 32.2 Å². The summed E-state index contributed by atoms with van der Waals surface area (Å²) in [5, 5.41) is 1.22. The highest BCUT2D eigenvalue weighted by Crippen LogP contribution is 2.37. The third-order valence-corrected chi connectivity index (χ3v) is 6.46. The van der Waals surface area contributed by atoms with E-state index in [9.17, 15) is 4.79 Å². The van der Waals surface area contributed by atoms with E-state index in [-0.39, 0.29) is 5.41 Å². The van der Waals surface area contributed by atoms with E-state index in [1.54, 1.807) is 11.3 Å². The molecule has 3 rings (SSSR count). The maximum Gasteiger partial charge on any atom is 0.330 e. The molecule has 152 valence electrons. The molecule has 0 saturated heterocycles. The summed E-state index contributed by atoms with van der Waals surface area (Å²) in [6.45, 7) is 10.6. The summed E-state index contributed by atoms with van der Waals surface area (Å²) in [5.74, 6) is 0.439. The number of hydrogen-bond donors (Lipinski definition) is 0. The van der Waals surface area contributed by atoms with E-state index in [0.717, 1.165) is 18.6 Å². The van der Waals surface area contributed by atoms with Gasteiger partial charge in [0.1, 0.15) is 12.4 Å². The van der Waals surface area contributed by atoms with Gasteiger partial charge in [-0.25, -0.2) is 4.79 Å². The highest BCUT2D eigenvalue weighted by molar-refractivity contribution is 7.22. The number of thiophene rings is 1. The molecular weight excluding hydrogens is 380 g/mol. The second-order valence-corrected chi connectivity index (χ2v) is 8.67. The normalized spacial score (nSPS) is 13.1. The van der Waals surface area contributed by atoms with Gasteiger partial charge in [0.05, 0.1) is 6.61 Å². The molecule has 1 atom stereocenters. The van der Waals surface area contributed by atoms with Gasteiger partial charge in [0.15, 0.2) is 0 Å². The maximum atomic E-state index is 11.4. The fourth-order valence-electron chi connectivity index (χ4n) is 3.11. The van der Waals surface area contributed by atoms with E-state index < -0.39 is 5.97 Å². The van der Waals surface area contributed by atoms with Gasteiger partial charge >= 0.3 is 5.97 Å². The third kappa shape index (κ3) is 5.07. The molecule has 1 unspecified atom stereocenters. The third-order valence-electron chi connectivity index (χ3n) is 5.33. The van der Waals surface area contributed by atoms with Gasteiger partial charge in [-0.15, -0.1) is 11.3 Å². The van der Waals surface area contributed by atoms with Crippen LogP contribution in [0.2, 0.25) is 0 Å². The van der Waals surface area contributed by atoms with Gasteiger partial charge in [-0.1, -0.05) is 51.6 Å². The van der Waals surface area contributed by atoms with Crippen LogP contribution in [0.4, 0.5) is 0 Å². The van der Waals surface area contributed by atoms with Crippen LogP contribution < -0.4 is 4.74 Å². The van der Waals surface area contributed by atoms with Crippen molar-refractivity contribution < 1.29 is 14.3 Å². The molecule has 29 heavy (non-hydrogen) atoms. The van der Waals surface area contributed by atoms with Crippen LogP contribution in [-0.2, 0) is 16.0 Å². The predicted octanol–water partition coefficient (Wildman–Crippen LogP) is 6.66. The second-order valence-electron chi connectivity index (χ2n) is 7.59. The van der Waals surface area contributed by atoms with Crippen LogP contribution in [0.1, 0.15) is 32.8 Å². The number of carbonyl (C=O) groups excluding carboxylic acids is 1. The number of benzene rings is 2. The molecule has 0 saturated carbocycles. The van der Waals surface area contributed by atoms with Crippen molar-refractivity contribution in [1.82, 2.24) is 0 Å². The molecule has 0 amide bonds. The Bertz CT molecular complexity index is 1000. The van der Waals surface area contributed by atoms with Crippen molar-refractivity contribution in [2.45, 2.75) is 33.6 Å². The molecule has 4 heteroatoms. The number of carbonyl (C=O) groups is 1. The lowest BCUT2D eigenvalue weighted by Crippen LogP contribution is -2.30. The predicted molar refractivity (Wildman–Crippen MR) is 122 cm³/mol. The van der Waals surface area contributed by atoms with Crippen molar-refractivity contribution in [1.29, 1.82) is 0 Å². The van der Waals surface area contributed by atoms with Crippen LogP contribution in [-0.4, -0.2) is 19.2 Å². The minimum Gasteiger partial charge on any atom is -0.493 e. The van der Waals surface area contributed by atoms with Gasteiger partial charge in [0.2, 0.25) is 0 Å². The van der Waals surface area contributed by atoms with Crippen molar-refractivity contribution in [2.75, 3.05) is 13.2 Å². The number of aryl methyl sites for hydroxylation is 1. The summed E-state index contributed by atoms with van der Waals surface area (Å²) in [5.41, 5.74) is 2.43. The number of hydrogen-bond acceptors (Lipinski definition) is 4. The van der Waals surface area contributed by atoms with Gasteiger partial charge in [-0.2, -0.15) is 0 Å². The van der Waals surface area contributed by atoms with Gasteiger partial charge < -0.3 is 9.47 Å². The number of esters is 1. The molecule has 0 aliphatic carbocycles. The van der Waals surface area contributed by atoms with E-state index in [2.05, 4.69) is 69.8 Å². The second kappa shape index (κ2) is 9.27. The van der Waals surface area contributed by atoms with Crippen molar-refractivity contribution >= 4 is 27.4 Å². The highest BCUT2D eigenvalue weighted by Gasteiger charge is 2.25. The molecular formula is C25H28O3S. The Hall–Kier alpha value is -2.59. The zero-order chi connectivity index (χ0) is 20.9. The van der Waals surface area contributed by atoms with Gasteiger partial charge in [-0.05, 0) is 53.6 Å². The summed E-state index contributed by atoms with van der Waals surface area (Å²) < 4.78 is 12.5. The van der Waals surface area contributed by atoms with Gasteiger partial charge in [0.25, 0.3) is 0 Å². The average Bonchev–Trinajstić information content (AvgIpc) is 3.19. The largest absolute Gasteiger partial charge is 0.493 e. The van der Waals surface area contributed by atoms with Gasteiger partial charge in [-0.3, -0.25) is 0 Å². The summed E-state index contributed by atoms with van der Waals surface area (Å²) in [7, 11) is 0. The fraction of sp³-hybridized carbons (Fsp3) is 0.320. The van der Waals surface area contributed by atoms with Crippen LogP contribution in [0.5, 0.6) is 5.75 Å². The summed E-state index contributed by atoms with van der Waals surface area (Å²) in [6, 6.07) is 17.1. The molecule has 3 nitrogen and oxygen atoms in total. The van der Waals surface area contributed by atoms with E-state index in [0.29, 0.717) is 13.2 Å². The Kier molecular flexibility index (Phi) is 6.75. The minimum atomic E-state index is -0.399. The summed E-state index contributed by atoms with van der Waals surface area (Å²) >= 11 is 1.79. The molecule has 0 bridgehead atoms. The Morgan fingerprint density at radius 2 is 1.93 bits per heavy atom. The zero-order valence-electron chi connectivity index (χ0n) is 17.4. The SMILES string of the molecule is C=CC(=O)OCC(C)(CC)COc1ccc2cc(-c3ccccc3CC)sc2c1. The molecule has 0 spiro atoms. The molecule has 1 heterocycles. The van der Waals surface area contributed by atoms with Gasteiger partial charge in [0, 0.05) is 21.1 Å². The first kappa shape index (κ1) is 21.1. The van der Waals surface area contributed by atoms with Crippen LogP contribution in [0.3, 0.4) is 0 Å². The lowest BCUT2D eigenvalue weighted by atomic mass is 9.90. The maximum absolute atomic E-state index is 11.4. The van der Waals surface area contributed by atoms with Crippen molar-refractivity contribution in [3.05, 3.63) is 66.7 Å². The van der Waals surface area contributed by atoms with Crippen molar-refractivity contribution in [3.8, 4) is 16.2 Å². The lowest BCUT2D eigenvalue weighted by molar-refractivity contribution is -0.141. The standard InChI is InChI=1S/C25H28O3S/c1-5-18-10-8-9-11-21(18)23-14-19-12-13-20(15-22(19)29-23)27-16-25(4,7-3)17-28-24(26)6-2/h6,8-15H,2,5,7,16-17H2,1,3-4H3. The van der Waals surface area contributed by atoms with E-state index >= 15 is 0 Å². The molecule has 2 aromatic carbocycles. The smallest absolute Gasteiger partial charge is 0.330 e. The first-order chi connectivity index (χ1) is 14.0. The van der Waals surface area contributed by atoms with Crippen LogP contribution in [0.15, 0.2) is 61.2 Å². The molecule has 0 aliphatic heterocycles. The number of fused-ring (bicyclic) bond motifs is 1.